The average Bonchev–Trinajstić information content (AvgIpc) is 3.08. The molecule has 3 rings (SSSR count). The number of benzene rings is 1. The van der Waals surface area contributed by atoms with E-state index in [0.717, 1.165) is 38.2 Å². The second-order valence-electron chi connectivity index (χ2n) is 6.75. The Hall–Kier alpha value is -1.19. The predicted molar refractivity (Wildman–Crippen MR) is 104 cm³/mol. The van der Waals surface area contributed by atoms with E-state index in [-0.39, 0.29) is 29.3 Å². The van der Waals surface area contributed by atoms with Gasteiger partial charge >= 0.3 is 0 Å². The Balaban J connectivity index is 0.00000243. The lowest BCUT2D eigenvalue weighted by molar-refractivity contribution is -0.114. The highest BCUT2D eigenvalue weighted by molar-refractivity contribution is 7.89. The van der Waals surface area contributed by atoms with Crippen LogP contribution in [0.1, 0.15) is 18.9 Å². The summed E-state index contributed by atoms with van der Waals surface area (Å²) >= 11 is 0. The highest BCUT2D eigenvalue weighted by Crippen LogP contribution is 2.27. The molecule has 26 heavy (non-hydrogen) atoms. The molecule has 2 saturated heterocycles. The van der Waals surface area contributed by atoms with Crippen LogP contribution in [0.5, 0.6) is 0 Å². The quantitative estimate of drug-likeness (QED) is 0.786. The number of rotatable bonds is 4. The minimum Gasteiger partial charge on any atom is -0.326 e. The van der Waals surface area contributed by atoms with E-state index in [9.17, 15) is 13.2 Å². The maximum Gasteiger partial charge on any atom is 0.243 e. The van der Waals surface area contributed by atoms with E-state index in [2.05, 4.69) is 15.5 Å². The number of halogens is 1. The van der Waals surface area contributed by atoms with Gasteiger partial charge < -0.3 is 10.6 Å². The molecule has 1 atom stereocenters. The van der Waals surface area contributed by atoms with E-state index in [0.29, 0.717) is 18.8 Å². The number of nitrogens with one attached hydrogen (secondary N) is 2. The number of amides is 1. The van der Waals surface area contributed by atoms with Crippen molar-refractivity contribution < 1.29 is 13.2 Å². The number of nitrogens with zero attached hydrogens (tertiary/aromatic N) is 2. The van der Waals surface area contributed by atoms with Gasteiger partial charge in [-0.3, -0.25) is 9.69 Å². The average molecular weight is 403 g/mol. The second-order valence-corrected chi connectivity index (χ2v) is 8.69. The topological polar surface area (TPSA) is 81.8 Å². The molecular weight excluding hydrogens is 376 g/mol. The molecule has 0 aliphatic carbocycles. The highest BCUT2D eigenvalue weighted by atomic mass is 35.5. The van der Waals surface area contributed by atoms with Crippen molar-refractivity contribution in [3.05, 3.63) is 23.8 Å². The van der Waals surface area contributed by atoms with Crippen molar-refractivity contribution in [1.29, 1.82) is 0 Å². The number of hydrogen-bond donors (Lipinski definition) is 2. The highest BCUT2D eigenvalue weighted by Gasteiger charge is 2.35. The van der Waals surface area contributed by atoms with Crippen molar-refractivity contribution in [2.24, 2.45) is 0 Å². The van der Waals surface area contributed by atoms with Crippen LogP contribution in [0.3, 0.4) is 0 Å². The zero-order chi connectivity index (χ0) is 18.0. The zero-order valence-electron chi connectivity index (χ0n) is 15.2. The number of anilines is 1. The van der Waals surface area contributed by atoms with E-state index < -0.39 is 10.0 Å². The van der Waals surface area contributed by atoms with Gasteiger partial charge in [-0.15, -0.1) is 12.4 Å². The Morgan fingerprint density at radius 3 is 2.58 bits per heavy atom. The van der Waals surface area contributed by atoms with Crippen molar-refractivity contribution in [3.8, 4) is 0 Å². The van der Waals surface area contributed by atoms with E-state index in [1.807, 2.05) is 6.92 Å². The van der Waals surface area contributed by atoms with Crippen LogP contribution in [-0.2, 0) is 14.8 Å². The maximum absolute atomic E-state index is 13.0. The Kier molecular flexibility index (Phi) is 7.04. The molecule has 146 valence electrons. The fraction of sp³-hybridized carbons (Fsp3) is 0.588. The molecule has 1 aromatic carbocycles. The summed E-state index contributed by atoms with van der Waals surface area (Å²) in [5, 5.41) is 6.02. The molecule has 7 nitrogen and oxygen atoms in total. The predicted octanol–water partition coefficient (Wildman–Crippen LogP) is 1.04. The van der Waals surface area contributed by atoms with Gasteiger partial charge in [0.2, 0.25) is 15.9 Å². The minimum absolute atomic E-state index is 0. The summed E-state index contributed by atoms with van der Waals surface area (Å²) in [5.74, 6) is -0.211. The van der Waals surface area contributed by atoms with Crippen molar-refractivity contribution >= 4 is 34.0 Å². The number of hydrogen-bond acceptors (Lipinski definition) is 5. The van der Waals surface area contributed by atoms with Gasteiger partial charge in [-0.25, -0.2) is 8.42 Å². The van der Waals surface area contributed by atoms with Crippen LogP contribution in [0, 0.1) is 6.92 Å². The molecule has 1 amide bonds. The zero-order valence-corrected chi connectivity index (χ0v) is 16.8. The van der Waals surface area contributed by atoms with Gasteiger partial charge in [-0.1, -0.05) is 6.07 Å². The molecule has 0 spiro atoms. The summed E-state index contributed by atoms with van der Waals surface area (Å²) in [6, 6.07) is 5.21. The summed E-state index contributed by atoms with van der Waals surface area (Å²) in [4.78, 5) is 13.9. The van der Waals surface area contributed by atoms with Crippen molar-refractivity contribution in [3.63, 3.8) is 0 Å². The molecule has 2 aliphatic heterocycles. The van der Waals surface area contributed by atoms with Gasteiger partial charge in [0.15, 0.2) is 0 Å². The SMILES string of the molecule is CC(=O)Nc1cc(S(=O)(=O)N2CCC(N3CCNCC3)C2)ccc1C.Cl. The number of sulfonamides is 1. The van der Waals surface area contributed by atoms with E-state index in [1.54, 1.807) is 22.5 Å². The third-order valence-corrected chi connectivity index (χ3v) is 6.81. The third-order valence-electron chi connectivity index (χ3n) is 4.95. The molecular formula is C17H27ClN4O3S. The number of carbonyl (C=O) groups excluding carboxylic acids is 1. The molecule has 0 radical (unpaired) electrons. The smallest absolute Gasteiger partial charge is 0.243 e. The van der Waals surface area contributed by atoms with Crippen molar-refractivity contribution in [2.75, 3.05) is 44.6 Å². The van der Waals surface area contributed by atoms with Crippen molar-refractivity contribution in [1.82, 2.24) is 14.5 Å². The Labute approximate surface area is 161 Å². The minimum atomic E-state index is -3.55. The summed E-state index contributed by atoms with van der Waals surface area (Å²) < 4.78 is 27.6. The first-order chi connectivity index (χ1) is 11.9. The van der Waals surface area contributed by atoms with Gasteiger partial charge in [0, 0.05) is 57.9 Å². The second kappa shape index (κ2) is 8.67. The fourth-order valence-electron chi connectivity index (χ4n) is 3.51. The first-order valence-corrected chi connectivity index (χ1v) is 10.1. The monoisotopic (exact) mass is 402 g/mol. The van der Waals surface area contributed by atoms with Crippen LogP contribution in [-0.4, -0.2) is 68.8 Å². The van der Waals surface area contributed by atoms with Crippen molar-refractivity contribution in [2.45, 2.75) is 31.2 Å². The molecule has 1 aromatic rings. The molecule has 2 heterocycles. The van der Waals surface area contributed by atoms with Crippen LogP contribution in [0.4, 0.5) is 5.69 Å². The molecule has 0 saturated carbocycles. The molecule has 9 heteroatoms. The number of aryl methyl sites for hydroxylation is 1. The summed E-state index contributed by atoms with van der Waals surface area (Å²) in [6.45, 7) is 8.19. The van der Waals surface area contributed by atoms with Crippen LogP contribution in [0.15, 0.2) is 23.1 Å². The fourth-order valence-corrected chi connectivity index (χ4v) is 5.03. The number of piperazine rings is 1. The molecule has 2 aliphatic rings. The largest absolute Gasteiger partial charge is 0.326 e. The summed E-state index contributed by atoms with van der Waals surface area (Å²) in [6.07, 6.45) is 0.865. The number of carbonyl (C=O) groups is 1. The normalized spacial score (nSPS) is 22.0. The lowest BCUT2D eigenvalue weighted by Gasteiger charge is -2.32. The van der Waals surface area contributed by atoms with Crippen LogP contribution >= 0.6 is 12.4 Å². The molecule has 1 unspecified atom stereocenters. The van der Waals surface area contributed by atoms with Crippen LogP contribution in [0.2, 0.25) is 0 Å². The third kappa shape index (κ3) is 4.55. The van der Waals surface area contributed by atoms with Crippen LogP contribution in [0.25, 0.3) is 0 Å². The van der Waals surface area contributed by atoms with Gasteiger partial charge in [0.25, 0.3) is 0 Å². The van der Waals surface area contributed by atoms with Gasteiger partial charge in [-0.05, 0) is 31.0 Å². The van der Waals surface area contributed by atoms with E-state index in [4.69, 9.17) is 0 Å². The van der Waals surface area contributed by atoms with E-state index >= 15 is 0 Å². The van der Waals surface area contributed by atoms with Gasteiger partial charge in [-0.2, -0.15) is 4.31 Å². The first kappa shape index (κ1) is 21.1. The molecule has 0 aromatic heterocycles. The lowest BCUT2D eigenvalue weighted by Crippen LogP contribution is -2.49. The van der Waals surface area contributed by atoms with Gasteiger partial charge in [0.05, 0.1) is 4.90 Å². The van der Waals surface area contributed by atoms with E-state index in [1.165, 1.54) is 6.92 Å². The Morgan fingerprint density at radius 2 is 1.92 bits per heavy atom. The van der Waals surface area contributed by atoms with Crippen LogP contribution < -0.4 is 10.6 Å². The Bertz CT molecular complexity index is 750. The lowest BCUT2D eigenvalue weighted by atomic mass is 10.2. The Morgan fingerprint density at radius 1 is 1.23 bits per heavy atom. The molecule has 2 N–H and O–H groups in total. The first-order valence-electron chi connectivity index (χ1n) is 8.71. The maximum atomic E-state index is 13.0. The molecule has 0 bridgehead atoms. The molecule has 2 fully saturated rings. The summed E-state index contributed by atoms with van der Waals surface area (Å²) in [5.41, 5.74) is 1.39. The standard InChI is InChI=1S/C17H26N4O3S.ClH/c1-13-3-4-16(11-17(13)19-14(2)22)25(23,24)21-8-5-15(12-21)20-9-6-18-7-10-20;/h3-4,11,15,18H,5-10,12H2,1-2H3,(H,19,22);1H. The summed E-state index contributed by atoms with van der Waals surface area (Å²) in [7, 11) is -3.55. The van der Waals surface area contributed by atoms with Gasteiger partial charge in [0.1, 0.15) is 0 Å².